The SMILES string of the molecule is CN(C)S(=O)(=O)c1ccccc1CNC(=O)COc1ccccc1-c1ccccc1. The summed E-state index contributed by atoms with van der Waals surface area (Å²) in [5.74, 6) is 0.268. The second-order valence-electron chi connectivity index (χ2n) is 6.82. The van der Waals surface area contributed by atoms with Crippen LogP contribution in [-0.2, 0) is 21.4 Å². The fourth-order valence-electron chi connectivity index (χ4n) is 2.94. The number of nitrogens with one attached hydrogen (secondary N) is 1. The average molecular weight is 425 g/mol. The Morgan fingerprint density at radius 3 is 2.27 bits per heavy atom. The number of carbonyl (C=O) groups excluding carboxylic acids is 1. The van der Waals surface area contributed by atoms with Crippen molar-refractivity contribution in [3.8, 4) is 16.9 Å². The van der Waals surface area contributed by atoms with E-state index in [2.05, 4.69) is 5.32 Å². The zero-order valence-electron chi connectivity index (χ0n) is 16.9. The lowest BCUT2D eigenvalue weighted by Gasteiger charge is -2.16. The molecule has 0 bridgehead atoms. The van der Waals surface area contributed by atoms with Crippen LogP contribution in [0.15, 0.2) is 83.8 Å². The van der Waals surface area contributed by atoms with Crippen LogP contribution in [0.3, 0.4) is 0 Å². The number of hydrogen-bond acceptors (Lipinski definition) is 4. The molecule has 3 aromatic carbocycles. The zero-order valence-corrected chi connectivity index (χ0v) is 17.7. The summed E-state index contributed by atoms with van der Waals surface area (Å²) in [4.78, 5) is 12.5. The van der Waals surface area contributed by atoms with Crippen LogP contribution in [0.2, 0.25) is 0 Å². The number of benzene rings is 3. The molecular weight excluding hydrogens is 400 g/mol. The van der Waals surface area contributed by atoms with Crippen LogP contribution in [0, 0.1) is 0 Å². The van der Waals surface area contributed by atoms with Gasteiger partial charge in [0.2, 0.25) is 10.0 Å². The molecule has 7 heteroatoms. The maximum absolute atomic E-state index is 12.5. The first-order valence-corrected chi connectivity index (χ1v) is 10.9. The lowest BCUT2D eigenvalue weighted by Crippen LogP contribution is -2.30. The second-order valence-corrected chi connectivity index (χ2v) is 8.94. The van der Waals surface area contributed by atoms with E-state index in [0.717, 1.165) is 15.4 Å². The Bertz CT molecular complexity index is 1110. The highest BCUT2D eigenvalue weighted by Crippen LogP contribution is 2.29. The number of amides is 1. The summed E-state index contributed by atoms with van der Waals surface area (Å²) in [7, 11) is -0.646. The van der Waals surface area contributed by atoms with Crippen molar-refractivity contribution in [3.63, 3.8) is 0 Å². The third-order valence-electron chi connectivity index (χ3n) is 4.54. The fraction of sp³-hybridized carbons (Fsp3) is 0.174. The molecular formula is C23H24N2O4S. The summed E-state index contributed by atoms with van der Waals surface area (Å²) < 4.78 is 31.8. The summed E-state index contributed by atoms with van der Waals surface area (Å²) in [6.07, 6.45) is 0. The Balaban J connectivity index is 1.66. The van der Waals surface area contributed by atoms with E-state index in [-0.39, 0.29) is 24.0 Å². The predicted molar refractivity (Wildman–Crippen MR) is 117 cm³/mol. The van der Waals surface area contributed by atoms with Crippen molar-refractivity contribution >= 4 is 15.9 Å². The number of nitrogens with zero attached hydrogens (tertiary/aromatic N) is 1. The number of para-hydroxylation sites is 1. The first kappa shape index (κ1) is 21.5. The van der Waals surface area contributed by atoms with E-state index in [0.29, 0.717) is 11.3 Å². The van der Waals surface area contributed by atoms with Crippen LogP contribution in [-0.4, -0.2) is 39.3 Å². The topological polar surface area (TPSA) is 75.7 Å². The van der Waals surface area contributed by atoms with Crippen molar-refractivity contribution in [2.45, 2.75) is 11.4 Å². The van der Waals surface area contributed by atoms with Crippen LogP contribution in [0.25, 0.3) is 11.1 Å². The van der Waals surface area contributed by atoms with E-state index in [9.17, 15) is 13.2 Å². The maximum Gasteiger partial charge on any atom is 0.258 e. The summed E-state index contributed by atoms with van der Waals surface area (Å²) in [6.45, 7) is -0.0851. The van der Waals surface area contributed by atoms with E-state index in [1.54, 1.807) is 18.2 Å². The van der Waals surface area contributed by atoms with Crippen molar-refractivity contribution in [1.29, 1.82) is 0 Å². The highest BCUT2D eigenvalue weighted by Gasteiger charge is 2.20. The monoisotopic (exact) mass is 424 g/mol. The highest BCUT2D eigenvalue weighted by molar-refractivity contribution is 7.89. The van der Waals surface area contributed by atoms with Gasteiger partial charge in [-0.25, -0.2) is 12.7 Å². The van der Waals surface area contributed by atoms with Crippen molar-refractivity contribution in [1.82, 2.24) is 9.62 Å². The van der Waals surface area contributed by atoms with Gasteiger partial charge in [0.15, 0.2) is 6.61 Å². The highest BCUT2D eigenvalue weighted by atomic mass is 32.2. The Hall–Kier alpha value is -3.16. The molecule has 3 rings (SSSR count). The number of hydrogen-bond donors (Lipinski definition) is 1. The third-order valence-corrected chi connectivity index (χ3v) is 6.45. The van der Waals surface area contributed by atoms with Crippen LogP contribution < -0.4 is 10.1 Å². The normalized spacial score (nSPS) is 11.3. The van der Waals surface area contributed by atoms with Gasteiger partial charge in [-0.3, -0.25) is 4.79 Å². The number of rotatable bonds is 8. The van der Waals surface area contributed by atoms with Crippen molar-refractivity contribution < 1.29 is 17.9 Å². The van der Waals surface area contributed by atoms with Gasteiger partial charge in [0.25, 0.3) is 5.91 Å². The summed E-state index contributed by atoms with van der Waals surface area (Å²) >= 11 is 0. The van der Waals surface area contributed by atoms with Gasteiger partial charge in [-0.05, 0) is 23.3 Å². The summed E-state index contributed by atoms with van der Waals surface area (Å²) in [6, 6.07) is 23.9. The molecule has 0 aliphatic rings. The lowest BCUT2D eigenvalue weighted by molar-refractivity contribution is -0.123. The predicted octanol–water partition coefficient (Wildman–Crippen LogP) is 3.30. The first-order valence-electron chi connectivity index (χ1n) is 9.44. The quantitative estimate of drug-likeness (QED) is 0.602. The standard InChI is InChI=1S/C23H24N2O4S/c1-25(2)30(27,28)22-15-9-6-12-19(22)16-24-23(26)17-29-21-14-8-7-13-20(21)18-10-4-3-5-11-18/h3-15H,16-17H2,1-2H3,(H,24,26). The minimum absolute atomic E-state index is 0.0891. The average Bonchev–Trinajstić information content (AvgIpc) is 2.77. The second kappa shape index (κ2) is 9.56. The first-order chi connectivity index (χ1) is 14.4. The summed E-state index contributed by atoms with van der Waals surface area (Å²) in [5, 5.41) is 2.73. The van der Waals surface area contributed by atoms with Gasteiger partial charge in [-0.15, -0.1) is 0 Å². The fourth-order valence-corrected chi connectivity index (χ4v) is 4.05. The van der Waals surface area contributed by atoms with Gasteiger partial charge in [-0.2, -0.15) is 0 Å². The van der Waals surface area contributed by atoms with E-state index in [1.165, 1.54) is 20.2 Å². The zero-order chi connectivity index (χ0) is 21.6. The van der Waals surface area contributed by atoms with Gasteiger partial charge in [-0.1, -0.05) is 66.7 Å². The molecule has 0 atom stereocenters. The molecule has 0 saturated carbocycles. The minimum Gasteiger partial charge on any atom is -0.483 e. The largest absolute Gasteiger partial charge is 0.483 e. The Labute approximate surface area is 177 Å². The maximum atomic E-state index is 12.5. The van der Waals surface area contributed by atoms with Crippen molar-refractivity contribution in [2.75, 3.05) is 20.7 Å². The molecule has 0 spiro atoms. The number of sulfonamides is 1. The van der Waals surface area contributed by atoms with E-state index in [1.807, 2.05) is 54.6 Å². The van der Waals surface area contributed by atoms with Crippen molar-refractivity contribution in [2.24, 2.45) is 0 Å². The minimum atomic E-state index is -3.60. The van der Waals surface area contributed by atoms with E-state index < -0.39 is 10.0 Å². The molecule has 0 aliphatic carbocycles. The smallest absolute Gasteiger partial charge is 0.258 e. The molecule has 0 heterocycles. The van der Waals surface area contributed by atoms with E-state index in [4.69, 9.17) is 4.74 Å². The summed E-state index contributed by atoms with van der Waals surface area (Å²) in [5.41, 5.74) is 2.41. The Morgan fingerprint density at radius 2 is 1.53 bits per heavy atom. The molecule has 0 saturated heterocycles. The van der Waals surface area contributed by atoms with Crippen LogP contribution in [0.1, 0.15) is 5.56 Å². The molecule has 0 aliphatic heterocycles. The molecule has 1 N–H and O–H groups in total. The lowest BCUT2D eigenvalue weighted by atomic mass is 10.1. The molecule has 0 aromatic heterocycles. The van der Waals surface area contributed by atoms with E-state index >= 15 is 0 Å². The molecule has 0 unspecified atom stereocenters. The van der Waals surface area contributed by atoms with Gasteiger partial charge in [0.05, 0.1) is 4.90 Å². The molecule has 0 radical (unpaired) electrons. The van der Waals surface area contributed by atoms with Gasteiger partial charge in [0.1, 0.15) is 5.75 Å². The molecule has 30 heavy (non-hydrogen) atoms. The van der Waals surface area contributed by atoms with Crippen LogP contribution in [0.5, 0.6) is 5.75 Å². The van der Waals surface area contributed by atoms with Crippen LogP contribution >= 0.6 is 0 Å². The molecule has 0 fully saturated rings. The molecule has 1 amide bonds. The third kappa shape index (κ3) is 5.06. The molecule has 6 nitrogen and oxygen atoms in total. The number of ether oxygens (including phenoxy) is 1. The Morgan fingerprint density at radius 1 is 0.900 bits per heavy atom. The van der Waals surface area contributed by atoms with Gasteiger partial charge in [0, 0.05) is 26.2 Å². The molecule has 156 valence electrons. The Kier molecular flexibility index (Phi) is 6.87. The van der Waals surface area contributed by atoms with Gasteiger partial charge >= 0.3 is 0 Å². The van der Waals surface area contributed by atoms with Crippen LogP contribution in [0.4, 0.5) is 0 Å². The van der Waals surface area contributed by atoms with Crippen molar-refractivity contribution in [3.05, 3.63) is 84.4 Å². The number of carbonyl (C=O) groups is 1. The van der Waals surface area contributed by atoms with Gasteiger partial charge < -0.3 is 10.1 Å². The molecule has 3 aromatic rings.